The van der Waals surface area contributed by atoms with Crippen molar-refractivity contribution in [2.45, 2.75) is 31.1 Å². The molecule has 4 rings (SSSR count). The van der Waals surface area contributed by atoms with E-state index in [0.29, 0.717) is 13.0 Å². The zero-order chi connectivity index (χ0) is 24.8. The highest BCUT2D eigenvalue weighted by Gasteiger charge is 2.34. The van der Waals surface area contributed by atoms with Gasteiger partial charge in [-0.1, -0.05) is 54.6 Å². The largest absolute Gasteiger partial charge is 0.416 e. The number of alkyl halides is 3. The normalized spacial score (nSPS) is 16.5. The summed E-state index contributed by atoms with van der Waals surface area (Å²) in [6.07, 6.45) is 3.46. The van der Waals surface area contributed by atoms with Crippen molar-refractivity contribution in [2.75, 3.05) is 6.54 Å². The summed E-state index contributed by atoms with van der Waals surface area (Å²) in [5.41, 5.74) is 0.607. The minimum absolute atomic E-state index is 0.159. The van der Waals surface area contributed by atoms with Crippen LogP contribution in [-0.2, 0) is 17.4 Å². The lowest BCUT2D eigenvalue weighted by Crippen LogP contribution is -2.51. The zero-order valence-electron chi connectivity index (χ0n) is 18.8. The van der Waals surface area contributed by atoms with Crippen LogP contribution in [0.3, 0.4) is 0 Å². The number of nitrogens with zero attached hydrogens (tertiary/aromatic N) is 2. The number of carbonyl (C=O) groups excluding carboxylic acids is 2. The van der Waals surface area contributed by atoms with Crippen molar-refractivity contribution in [3.05, 3.63) is 114 Å². The second-order valence-corrected chi connectivity index (χ2v) is 8.29. The third kappa shape index (κ3) is 5.95. The molecule has 2 aromatic carbocycles. The van der Waals surface area contributed by atoms with Gasteiger partial charge in [0.25, 0.3) is 5.91 Å². The number of hydrogen-bond acceptors (Lipinski definition) is 3. The van der Waals surface area contributed by atoms with Gasteiger partial charge in [-0.2, -0.15) is 13.2 Å². The molecule has 1 aliphatic rings. The molecule has 2 atom stereocenters. The van der Waals surface area contributed by atoms with Crippen LogP contribution in [0.2, 0.25) is 0 Å². The zero-order valence-corrected chi connectivity index (χ0v) is 18.8. The number of aromatic nitrogens is 1. The van der Waals surface area contributed by atoms with E-state index < -0.39 is 23.7 Å². The summed E-state index contributed by atoms with van der Waals surface area (Å²) >= 11 is 0. The molecule has 0 aliphatic carbocycles. The Balaban J connectivity index is 1.62. The number of pyridine rings is 1. The number of halogens is 3. The molecule has 2 amide bonds. The van der Waals surface area contributed by atoms with Crippen LogP contribution in [0, 0.1) is 0 Å². The standard InChI is InChI=1S/C27H24F3N3O2/c28-27(29,30)22-12-6-10-20(17-22)25(34)32-23(16-19-8-2-1-3-9-19)26(35)33-15-5-4-13-24(33)21-11-7-14-31-18-21/h1-12,14,17-18,23-24H,13,15-16H2,(H,32,34). The molecule has 0 radical (unpaired) electrons. The predicted molar refractivity (Wildman–Crippen MR) is 125 cm³/mol. The summed E-state index contributed by atoms with van der Waals surface area (Å²) in [7, 11) is 0. The Morgan fingerprint density at radius 1 is 1.03 bits per heavy atom. The van der Waals surface area contributed by atoms with Crippen LogP contribution in [0.1, 0.15) is 39.5 Å². The Labute approximate surface area is 201 Å². The molecule has 1 aromatic heterocycles. The second kappa shape index (κ2) is 10.5. The number of rotatable bonds is 6. The summed E-state index contributed by atoms with van der Waals surface area (Å²) in [5.74, 6) is -1.05. The van der Waals surface area contributed by atoms with Gasteiger partial charge >= 0.3 is 6.18 Å². The minimum atomic E-state index is -4.58. The molecular weight excluding hydrogens is 455 g/mol. The molecule has 5 nitrogen and oxygen atoms in total. The number of amides is 2. The SMILES string of the molecule is O=C(NC(Cc1ccccc1)C(=O)N1CC=CCC1c1cccnc1)c1cccc(C(F)(F)F)c1. The second-order valence-electron chi connectivity index (χ2n) is 8.29. The first kappa shape index (κ1) is 24.2. The van der Waals surface area contributed by atoms with E-state index in [-0.39, 0.29) is 23.9 Å². The first-order chi connectivity index (χ1) is 16.8. The molecule has 0 bridgehead atoms. The molecule has 2 heterocycles. The van der Waals surface area contributed by atoms with Crippen LogP contribution >= 0.6 is 0 Å². The minimum Gasteiger partial charge on any atom is -0.340 e. The highest BCUT2D eigenvalue weighted by Crippen LogP contribution is 2.30. The molecule has 2 unspecified atom stereocenters. The Hall–Kier alpha value is -3.94. The lowest BCUT2D eigenvalue weighted by atomic mass is 9.97. The van der Waals surface area contributed by atoms with Gasteiger partial charge in [0.2, 0.25) is 5.91 Å². The van der Waals surface area contributed by atoms with Crippen molar-refractivity contribution in [3.63, 3.8) is 0 Å². The molecule has 0 saturated carbocycles. The number of nitrogens with one attached hydrogen (secondary N) is 1. The van der Waals surface area contributed by atoms with Crippen molar-refractivity contribution in [1.29, 1.82) is 0 Å². The number of hydrogen-bond donors (Lipinski definition) is 1. The van der Waals surface area contributed by atoms with E-state index in [1.165, 1.54) is 12.1 Å². The number of benzene rings is 2. The van der Waals surface area contributed by atoms with E-state index in [4.69, 9.17) is 0 Å². The first-order valence-electron chi connectivity index (χ1n) is 11.2. The molecule has 35 heavy (non-hydrogen) atoms. The molecule has 1 N–H and O–H groups in total. The van der Waals surface area contributed by atoms with Crippen LogP contribution in [0.15, 0.2) is 91.3 Å². The van der Waals surface area contributed by atoms with Crippen LogP contribution in [0.4, 0.5) is 13.2 Å². The Kier molecular flexibility index (Phi) is 7.29. The highest BCUT2D eigenvalue weighted by atomic mass is 19.4. The fourth-order valence-electron chi connectivity index (χ4n) is 4.13. The van der Waals surface area contributed by atoms with E-state index in [2.05, 4.69) is 10.3 Å². The molecule has 0 spiro atoms. The molecule has 0 fully saturated rings. The van der Waals surface area contributed by atoms with Gasteiger partial charge in [0.05, 0.1) is 11.6 Å². The smallest absolute Gasteiger partial charge is 0.340 e. The molecule has 1 aliphatic heterocycles. The third-order valence-electron chi connectivity index (χ3n) is 5.89. The van der Waals surface area contributed by atoms with Crippen LogP contribution in [0.5, 0.6) is 0 Å². The van der Waals surface area contributed by atoms with Gasteiger partial charge in [-0.15, -0.1) is 0 Å². The summed E-state index contributed by atoms with van der Waals surface area (Å²) in [5, 5.41) is 2.69. The molecule has 0 saturated heterocycles. The predicted octanol–water partition coefficient (Wildman–Crippen LogP) is 4.97. The van der Waals surface area contributed by atoms with Gasteiger partial charge in [-0.3, -0.25) is 14.6 Å². The van der Waals surface area contributed by atoms with Gasteiger partial charge in [-0.25, -0.2) is 0 Å². The monoisotopic (exact) mass is 479 g/mol. The quantitative estimate of drug-likeness (QED) is 0.508. The van der Waals surface area contributed by atoms with Crippen molar-refractivity contribution in [3.8, 4) is 0 Å². The number of carbonyl (C=O) groups is 2. The fraction of sp³-hybridized carbons (Fsp3) is 0.222. The van der Waals surface area contributed by atoms with Crippen molar-refractivity contribution < 1.29 is 22.8 Å². The lowest BCUT2D eigenvalue weighted by Gasteiger charge is -2.36. The van der Waals surface area contributed by atoms with E-state index in [1.807, 2.05) is 48.6 Å². The summed E-state index contributed by atoms with van der Waals surface area (Å²) in [4.78, 5) is 32.6. The van der Waals surface area contributed by atoms with E-state index in [0.717, 1.165) is 23.3 Å². The maximum atomic E-state index is 13.8. The van der Waals surface area contributed by atoms with Crippen molar-refractivity contribution in [2.24, 2.45) is 0 Å². The average molecular weight is 480 g/mol. The Morgan fingerprint density at radius 3 is 2.54 bits per heavy atom. The van der Waals surface area contributed by atoms with Crippen molar-refractivity contribution >= 4 is 11.8 Å². The van der Waals surface area contributed by atoms with Crippen LogP contribution in [0.25, 0.3) is 0 Å². The average Bonchev–Trinajstić information content (AvgIpc) is 2.88. The van der Waals surface area contributed by atoms with E-state index in [1.54, 1.807) is 23.4 Å². The molecule has 3 aromatic rings. The Morgan fingerprint density at radius 2 is 1.83 bits per heavy atom. The maximum absolute atomic E-state index is 13.8. The van der Waals surface area contributed by atoms with Gasteiger partial charge < -0.3 is 10.2 Å². The maximum Gasteiger partial charge on any atom is 0.416 e. The van der Waals surface area contributed by atoms with Gasteiger partial charge in [0.1, 0.15) is 6.04 Å². The van der Waals surface area contributed by atoms with E-state index >= 15 is 0 Å². The third-order valence-corrected chi connectivity index (χ3v) is 5.89. The first-order valence-corrected chi connectivity index (χ1v) is 11.2. The Bertz CT molecular complexity index is 1200. The molecular formula is C27H24F3N3O2. The van der Waals surface area contributed by atoms with Gasteiger partial charge in [0, 0.05) is 30.9 Å². The fourth-order valence-corrected chi connectivity index (χ4v) is 4.13. The summed E-state index contributed by atoms with van der Waals surface area (Å²) < 4.78 is 39.5. The molecule has 8 heteroatoms. The molecule has 180 valence electrons. The van der Waals surface area contributed by atoms with Crippen LogP contribution < -0.4 is 5.32 Å². The van der Waals surface area contributed by atoms with Gasteiger partial charge in [0.15, 0.2) is 0 Å². The lowest BCUT2D eigenvalue weighted by molar-refractivity contribution is -0.137. The van der Waals surface area contributed by atoms with E-state index in [9.17, 15) is 22.8 Å². The van der Waals surface area contributed by atoms with Gasteiger partial charge in [-0.05, 0) is 41.8 Å². The highest BCUT2D eigenvalue weighted by molar-refractivity contribution is 5.98. The van der Waals surface area contributed by atoms with Crippen LogP contribution in [-0.4, -0.2) is 34.3 Å². The summed E-state index contributed by atoms with van der Waals surface area (Å²) in [6.45, 7) is 0.350. The topological polar surface area (TPSA) is 62.3 Å². The van der Waals surface area contributed by atoms with Crippen molar-refractivity contribution in [1.82, 2.24) is 15.2 Å². The summed E-state index contributed by atoms with van der Waals surface area (Å²) in [6, 6.07) is 15.8.